The summed E-state index contributed by atoms with van der Waals surface area (Å²) >= 11 is 0. The van der Waals surface area contributed by atoms with Crippen LogP contribution in [0, 0.1) is 0 Å². The molecule has 0 unspecified atom stereocenters. The van der Waals surface area contributed by atoms with Crippen LogP contribution in [-0.2, 0) is 25.5 Å². The maximum Gasteiger partial charge on any atom is 0.0708 e. The Balaban J connectivity index is 1.13. The summed E-state index contributed by atoms with van der Waals surface area (Å²) < 4.78 is 76.6. The van der Waals surface area contributed by atoms with Gasteiger partial charge in [-0.05, 0) is 105 Å². The van der Waals surface area contributed by atoms with Crippen LogP contribution in [-0.4, -0.2) is 15.0 Å². The molecule has 3 nitrogen and oxygen atoms in total. The zero-order chi connectivity index (χ0) is 50.1. The third-order valence-electron chi connectivity index (χ3n) is 11.1. The number of hydrogen-bond donors (Lipinski definition) is 0. The first-order chi connectivity index (χ1) is 34.7. The number of hydrogen-bond acceptors (Lipinski definition) is 3. The first-order valence-electron chi connectivity index (χ1n) is 25.2. The Hall–Kier alpha value is -8.01. The second kappa shape index (κ2) is 18.9. The molecule has 3 heterocycles. The second-order valence-electron chi connectivity index (χ2n) is 15.4. The molecule has 0 fully saturated rings. The van der Waals surface area contributed by atoms with Crippen molar-refractivity contribution < 1.29 is 11.0 Å². The standard InChI is InChI=1S/C61H47N3/c1-5-15-48(16-6-1)49-31-33-50(34-32-49)57-40-61(53-21-11-4-12-22-53)64-43-58(57)56-24-14-13-23-55(56)54-38-46(27-25-44-29-35-59(62-41-44)51-17-7-2-8-18-51)37-47(39-54)28-26-45-30-36-60(63-42-45)52-19-9-3-10-20-52/h1-24,29-43H,25-28H2/i25D2,26D2,27D2,28D2. The lowest BCUT2D eigenvalue weighted by Gasteiger charge is -2.18. The van der Waals surface area contributed by atoms with Crippen molar-refractivity contribution in [2.24, 2.45) is 0 Å². The van der Waals surface area contributed by atoms with Gasteiger partial charge < -0.3 is 0 Å². The van der Waals surface area contributed by atoms with Gasteiger partial charge in [-0.1, -0.05) is 200 Å². The van der Waals surface area contributed by atoms with Crippen molar-refractivity contribution in [1.82, 2.24) is 15.0 Å². The predicted molar refractivity (Wildman–Crippen MR) is 266 cm³/mol. The van der Waals surface area contributed by atoms with E-state index in [4.69, 9.17) is 4.98 Å². The van der Waals surface area contributed by atoms with E-state index in [0.717, 1.165) is 50.2 Å². The Morgan fingerprint density at radius 1 is 0.250 bits per heavy atom. The van der Waals surface area contributed by atoms with Gasteiger partial charge in [-0.2, -0.15) is 0 Å². The fourth-order valence-electron chi connectivity index (χ4n) is 7.83. The van der Waals surface area contributed by atoms with E-state index in [1.54, 1.807) is 24.3 Å². The zero-order valence-corrected chi connectivity index (χ0v) is 34.9. The Morgan fingerprint density at radius 2 is 0.656 bits per heavy atom. The van der Waals surface area contributed by atoms with E-state index in [-0.39, 0.29) is 22.3 Å². The molecule has 0 bridgehead atoms. The van der Waals surface area contributed by atoms with Crippen LogP contribution in [0.25, 0.3) is 78.3 Å². The highest BCUT2D eigenvalue weighted by Crippen LogP contribution is 2.40. The van der Waals surface area contributed by atoms with Crippen LogP contribution in [0.15, 0.2) is 237 Å². The molecule has 0 aliphatic rings. The van der Waals surface area contributed by atoms with Crippen LogP contribution >= 0.6 is 0 Å². The Morgan fingerprint density at radius 3 is 1.16 bits per heavy atom. The number of aryl methyl sites for hydroxylation is 4. The Labute approximate surface area is 387 Å². The highest BCUT2D eigenvalue weighted by atomic mass is 14.7. The minimum atomic E-state index is -2.81. The zero-order valence-electron chi connectivity index (χ0n) is 42.9. The molecule has 64 heavy (non-hydrogen) atoms. The first-order valence-corrected chi connectivity index (χ1v) is 21.2. The van der Waals surface area contributed by atoms with Gasteiger partial charge >= 0.3 is 0 Å². The van der Waals surface area contributed by atoms with Gasteiger partial charge in [-0.15, -0.1) is 0 Å². The number of nitrogens with zero attached hydrogens (tertiary/aromatic N) is 3. The molecule has 0 amide bonds. The van der Waals surface area contributed by atoms with Crippen LogP contribution < -0.4 is 0 Å². The van der Waals surface area contributed by atoms with E-state index >= 15 is 0 Å². The van der Waals surface area contributed by atoms with Gasteiger partial charge in [0.25, 0.3) is 0 Å². The monoisotopic (exact) mass is 829 g/mol. The lowest BCUT2D eigenvalue weighted by molar-refractivity contribution is 0.923. The Bertz CT molecular complexity index is 3360. The molecule has 0 atom stereocenters. The molecule has 0 saturated heterocycles. The smallest absolute Gasteiger partial charge is 0.0708 e. The molecule has 10 aromatic rings. The van der Waals surface area contributed by atoms with E-state index in [0.29, 0.717) is 28.1 Å². The third-order valence-corrected chi connectivity index (χ3v) is 11.1. The summed E-state index contributed by atoms with van der Waals surface area (Å²) in [6.07, 6.45) is -6.54. The topological polar surface area (TPSA) is 38.7 Å². The van der Waals surface area contributed by atoms with Gasteiger partial charge in [0.05, 0.1) is 17.1 Å². The summed E-state index contributed by atoms with van der Waals surface area (Å²) in [5.74, 6) is 0. The van der Waals surface area contributed by atoms with Crippen LogP contribution in [0.4, 0.5) is 0 Å². The summed E-state index contributed by atoms with van der Waals surface area (Å²) in [5.41, 5.74) is 10.4. The number of aromatic nitrogens is 3. The van der Waals surface area contributed by atoms with Crippen molar-refractivity contribution >= 4 is 0 Å². The van der Waals surface area contributed by atoms with E-state index in [2.05, 4.69) is 52.4 Å². The summed E-state index contributed by atoms with van der Waals surface area (Å²) in [6.45, 7) is 0. The SMILES string of the molecule is [2H]C([2H])(c1ccc(-c2ccccc2)nc1)C([2H])([2H])c1cc(-c2ccccc2-c2cnc(-c3ccccc3)cc2-c2ccc(-c3ccccc3)cc2)cc(C([2H])([2H])C([2H])([2H])c2ccc(-c3ccccc3)nc2)c1. The van der Waals surface area contributed by atoms with E-state index < -0.39 is 25.5 Å². The molecule has 0 saturated carbocycles. The molecule has 0 spiro atoms. The van der Waals surface area contributed by atoms with Crippen molar-refractivity contribution in [3.8, 4) is 78.3 Å². The summed E-state index contributed by atoms with van der Waals surface area (Å²) in [6, 6.07) is 67.5. The van der Waals surface area contributed by atoms with Gasteiger partial charge in [0, 0.05) is 51.8 Å². The molecule has 10 rings (SSSR count). The highest BCUT2D eigenvalue weighted by Gasteiger charge is 2.17. The average Bonchev–Trinajstić information content (AvgIpc) is 3.43. The molecule has 7 aromatic carbocycles. The van der Waals surface area contributed by atoms with Gasteiger partial charge in [0.15, 0.2) is 0 Å². The van der Waals surface area contributed by atoms with Gasteiger partial charge in [0.2, 0.25) is 0 Å². The predicted octanol–water partition coefficient (Wildman–Crippen LogP) is 15.1. The van der Waals surface area contributed by atoms with E-state index in [1.165, 1.54) is 30.6 Å². The molecular formula is C61H47N3. The Kier molecular flexibility index (Phi) is 9.41. The van der Waals surface area contributed by atoms with Crippen molar-refractivity contribution in [3.63, 3.8) is 0 Å². The summed E-state index contributed by atoms with van der Waals surface area (Å²) in [7, 11) is 0. The van der Waals surface area contributed by atoms with Crippen molar-refractivity contribution in [3.05, 3.63) is 259 Å². The average molecular weight is 830 g/mol. The molecule has 3 heteroatoms. The number of pyridine rings is 3. The van der Waals surface area contributed by atoms with Crippen LogP contribution in [0.1, 0.15) is 33.2 Å². The first kappa shape index (κ1) is 31.8. The molecule has 0 radical (unpaired) electrons. The van der Waals surface area contributed by atoms with Crippen LogP contribution in [0.3, 0.4) is 0 Å². The molecule has 0 aliphatic heterocycles. The lowest BCUT2D eigenvalue weighted by Crippen LogP contribution is -1.99. The van der Waals surface area contributed by atoms with E-state index in [9.17, 15) is 11.0 Å². The summed E-state index contributed by atoms with van der Waals surface area (Å²) in [5, 5.41) is 0. The highest BCUT2D eigenvalue weighted by molar-refractivity contribution is 5.93. The quantitative estimate of drug-likeness (QED) is 0.116. The van der Waals surface area contributed by atoms with Crippen molar-refractivity contribution in [2.45, 2.75) is 25.5 Å². The lowest BCUT2D eigenvalue weighted by atomic mass is 9.87. The largest absolute Gasteiger partial charge is 0.256 e. The fourth-order valence-corrected chi connectivity index (χ4v) is 7.83. The van der Waals surface area contributed by atoms with Gasteiger partial charge in [-0.25, -0.2) is 0 Å². The van der Waals surface area contributed by atoms with Crippen LogP contribution in [0.5, 0.6) is 0 Å². The fraction of sp³-hybridized carbons (Fsp3) is 0.0656. The number of benzene rings is 7. The van der Waals surface area contributed by atoms with E-state index in [1.807, 2.05) is 140 Å². The second-order valence-corrected chi connectivity index (χ2v) is 15.4. The number of rotatable bonds is 13. The summed E-state index contributed by atoms with van der Waals surface area (Å²) in [4.78, 5) is 14.0. The molecule has 0 N–H and O–H groups in total. The van der Waals surface area contributed by atoms with Gasteiger partial charge in [-0.3, -0.25) is 15.0 Å². The minimum Gasteiger partial charge on any atom is -0.256 e. The minimum absolute atomic E-state index is 0.0186. The van der Waals surface area contributed by atoms with Crippen molar-refractivity contribution in [1.29, 1.82) is 0 Å². The van der Waals surface area contributed by atoms with Crippen LogP contribution in [0.2, 0.25) is 0 Å². The van der Waals surface area contributed by atoms with Gasteiger partial charge in [0.1, 0.15) is 0 Å². The molecular weight excluding hydrogens is 775 g/mol. The molecule has 306 valence electrons. The maximum absolute atomic E-state index is 9.69. The third kappa shape index (κ3) is 9.25. The maximum atomic E-state index is 9.69. The normalized spacial score (nSPS) is 13.8. The van der Waals surface area contributed by atoms with Crippen molar-refractivity contribution in [2.75, 3.05) is 0 Å². The molecule has 0 aliphatic carbocycles. The molecule has 3 aromatic heterocycles.